The fourth-order valence-electron chi connectivity index (χ4n) is 3.29. The zero-order chi connectivity index (χ0) is 19.7. The van der Waals surface area contributed by atoms with Gasteiger partial charge in [-0.25, -0.2) is 9.37 Å². The van der Waals surface area contributed by atoms with Crippen molar-refractivity contribution in [1.29, 1.82) is 0 Å². The van der Waals surface area contributed by atoms with Crippen LogP contribution in [-0.4, -0.2) is 27.6 Å². The third-order valence-corrected chi connectivity index (χ3v) is 4.70. The van der Waals surface area contributed by atoms with Gasteiger partial charge in [0.05, 0.1) is 7.11 Å². The highest BCUT2D eigenvalue weighted by molar-refractivity contribution is 5.98. The second kappa shape index (κ2) is 7.19. The Hall–Kier alpha value is -3.61. The number of hydrogen-bond acceptors (Lipinski definition) is 3. The van der Waals surface area contributed by atoms with Crippen molar-refractivity contribution >= 4 is 16.8 Å². The molecule has 0 saturated heterocycles. The quantitative estimate of drug-likeness (QED) is 0.558. The van der Waals surface area contributed by atoms with E-state index >= 15 is 0 Å². The molecule has 4 rings (SSSR count). The molecule has 2 aromatic heterocycles. The summed E-state index contributed by atoms with van der Waals surface area (Å²) in [5.74, 6) is 0.548. The number of fused-ring (bicyclic) bond motifs is 1. The van der Waals surface area contributed by atoms with Gasteiger partial charge in [-0.3, -0.25) is 4.79 Å². The minimum absolute atomic E-state index is 0.272. The van der Waals surface area contributed by atoms with Crippen molar-refractivity contribution in [3.63, 3.8) is 0 Å². The number of aromatic amines is 1. The van der Waals surface area contributed by atoms with Gasteiger partial charge >= 0.3 is 0 Å². The van der Waals surface area contributed by atoms with Gasteiger partial charge in [0.15, 0.2) is 0 Å². The lowest BCUT2D eigenvalue weighted by atomic mass is 10.0. The van der Waals surface area contributed by atoms with Gasteiger partial charge in [0.2, 0.25) is 0 Å². The van der Waals surface area contributed by atoms with Crippen molar-refractivity contribution < 1.29 is 13.9 Å². The van der Waals surface area contributed by atoms with Crippen LogP contribution in [0.15, 0.2) is 60.9 Å². The average Bonchev–Trinajstić information content (AvgIpc) is 3.33. The SMILES string of the molecule is COc1ccccc1C(NC(=O)c1cc2c(F)cccc2[nH]1)c1nccn1C. The second-order valence-corrected chi connectivity index (χ2v) is 6.43. The first-order valence-electron chi connectivity index (χ1n) is 8.76. The van der Waals surface area contributed by atoms with Gasteiger partial charge in [-0.05, 0) is 24.3 Å². The van der Waals surface area contributed by atoms with Gasteiger partial charge in [-0.15, -0.1) is 0 Å². The number of nitrogens with one attached hydrogen (secondary N) is 2. The fraction of sp³-hybridized carbons (Fsp3) is 0.143. The molecule has 1 amide bonds. The first-order chi connectivity index (χ1) is 13.6. The van der Waals surface area contributed by atoms with Crippen LogP contribution in [-0.2, 0) is 7.05 Å². The molecule has 142 valence electrons. The summed E-state index contributed by atoms with van der Waals surface area (Å²) in [6, 6.07) is 13.1. The van der Waals surface area contributed by atoms with Gasteiger partial charge in [-0.2, -0.15) is 0 Å². The van der Waals surface area contributed by atoms with E-state index in [2.05, 4.69) is 15.3 Å². The fourth-order valence-corrected chi connectivity index (χ4v) is 3.29. The van der Waals surface area contributed by atoms with E-state index in [1.807, 2.05) is 42.1 Å². The van der Waals surface area contributed by atoms with Crippen LogP contribution in [0.3, 0.4) is 0 Å². The smallest absolute Gasteiger partial charge is 0.268 e. The number of carbonyl (C=O) groups excluding carboxylic acids is 1. The molecular weight excluding hydrogens is 359 g/mol. The summed E-state index contributed by atoms with van der Waals surface area (Å²) in [6.07, 6.45) is 3.48. The highest BCUT2D eigenvalue weighted by Gasteiger charge is 2.25. The average molecular weight is 378 g/mol. The van der Waals surface area contributed by atoms with Crippen molar-refractivity contribution in [2.45, 2.75) is 6.04 Å². The van der Waals surface area contributed by atoms with Crippen LogP contribution in [0.25, 0.3) is 10.9 Å². The number of carbonyl (C=O) groups is 1. The molecule has 2 N–H and O–H groups in total. The summed E-state index contributed by atoms with van der Waals surface area (Å²) < 4.78 is 21.3. The Balaban J connectivity index is 1.74. The van der Waals surface area contributed by atoms with Crippen molar-refractivity contribution in [2.24, 2.45) is 7.05 Å². The van der Waals surface area contributed by atoms with Crippen molar-refractivity contribution in [2.75, 3.05) is 7.11 Å². The molecule has 2 aromatic carbocycles. The third kappa shape index (κ3) is 3.11. The Kier molecular flexibility index (Phi) is 4.57. The van der Waals surface area contributed by atoms with Crippen molar-refractivity contribution in [3.05, 3.63) is 83.8 Å². The summed E-state index contributed by atoms with van der Waals surface area (Å²) in [6.45, 7) is 0. The number of hydrogen-bond donors (Lipinski definition) is 2. The van der Waals surface area contributed by atoms with Crippen LogP contribution in [0, 0.1) is 5.82 Å². The predicted molar refractivity (Wildman–Crippen MR) is 104 cm³/mol. The van der Waals surface area contributed by atoms with Crippen molar-refractivity contribution in [3.8, 4) is 5.75 Å². The van der Waals surface area contributed by atoms with E-state index in [1.165, 1.54) is 12.1 Å². The molecule has 0 aliphatic heterocycles. The lowest BCUT2D eigenvalue weighted by molar-refractivity contribution is 0.0936. The van der Waals surface area contributed by atoms with Gasteiger partial charge in [0.1, 0.15) is 29.1 Å². The van der Waals surface area contributed by atoms with E-state index in [0.29, 0.717) is 22.5 Å². The number of para-hydroxylation sites is 1. The number of amides is 1. The molecule has 0 spiro atoms. The first-order valence-corrected chi connectivity index (χ1v) is 8.76. The Bertz CT molecular complexity index is 1150. The maximum Gasteiger partial charge on any atom is 0.268 e. The predicted octanol–water partition coefficient (Wildman–Crippen LogP) is 3.57. The van der Waals surface area contributed by atoms with E-state index in [9.17, 15) is 9.18 Å². The van der Waals surface area contributed by atoms with Gasteiger partial charge in [-0.1, -0.05) is 24.3 Å². The molecule has 0 saturated carbocycles. The zero-order valence-corrected chi connectivity index (χ0v) is 15.4. The molecule has 6 nitrogen and oxygen atoms in total. The minimum atomic E-state index is -0.542. The molecule has 0 fully saturated rings. The molecule has 0 bridgehead atoms. The van der Waals surface area contributed by atoms with Crippen LogP contribution < -0.4 is 10.1 Å². The number of nitrogens with zero attached hydrogens (tertiary/aromatic N) is 2. The molecule has 1 unspecified atom stereocenters. The molecule has 0 aliphatic carbocycles. The maximum atomic E-state index is 14.0. The summed E-state index contributed by atoms with van der Waals surface area (Å²) in [5, 5.41) is 3.37. The number of methoxy groups -OCH3 is 1. The summed E-state index contributed by atoms with van der Waals surface area (Å²) in [4.78, 5) is 20.3. The van der Waals surface area contributed by atoms with Crippen molar-refractivity contribution in [1.82, 2.24) is 19.9 Å². The molecule has 4 aromatic rings. The van der Waals surface area contributed by atoms with Gasteiger partial charge in [0, 0.05) is 35.9 Å². The number of halogens is 1. The van der Waals surface area contributed by atoms with Gasteiger partial charge in [0.25, 0.3) is 5.91 Å². The van der Waals surface area contributed by atoms with E-state index in [-0.39, 0.29) is 17.4 Å². The van der Waals surface area contributed by atoms with Crippen LogP contribution in [0.1, 0.15) is 27.9 Å². The monoisotopic (exact) mass is 378 g/mol. The number of aromatic nitrogens is 3. The Morgan fingerprint density at radius 3 is 2.79 bits per heavy atom. The number of ether oxygens (including phenoxy) is 1. The van der Waals surface area contributed by atoms with Crippen LogP contribution in [0.5, 0.6) is 5.75 Å². The Morgan fingerprint density at radius 2 is 2.07 bits per heavy atom. The maximum absolute atomic E-state index is 14.0. The lowest BCUT2D eigenvalue weighted by Crippen LogP contribution is -2.31. The van der Waals surface area contributed by atoms with Crippen LogP contribution in [0.2, 0.25) is 0 Å². The van der Waals surface area contributed by atoms with E-state index in [1.54, 1.807) is 25.4 Å². The normalized spacial score (nSPS) is 12.1. The number of H-pyrrole nitrogens is 1. The molecule has 2 heterocycles. The third-order valence-electron chi connectivity index (χ3n) is 4.70. The first kappa shape index (κ1) is 17.8. The molecule has 0 aliphatic rings. The Labute approximate surface area is 161 Å². The number of imidazole rings is 1. The molecule has 7 heteroatoms. The van der Waals surface area contributed by atoms with E-state index in [4.69, 9.17) is 4.74 Å². The molecule has 28 heavy (non-hydrogen) atoms. The lowest BCUT2D eigenvalue weighted by Gasteiger charge is -2.21. The number of aryl methyl sites for hydroxylation is 1. The van der Waals surface area contributed by atoms with E-state index in [0.717, 1.165) is 5.56 Å². The zero-order valence-electron chi connectivity index (χ0n) is 15.4. The molecule has 0 radical (unpaired) electrons. The van der Waals surface area contributed by atoms with Gasteiger partial charge < -0.3 is 19.6 Å². The number of benzene rings is 2. The Morgan fingerprint density at radius 1 is 1.25 bits per heavy atom. The largest absolute Gasteiger partial charge is 0.496 e. The summed E-state index contributed by atoms with van der Waals surface area (Å²) in [7, 11) is 3.44. The molecular formula is C21H19FN4O2. The highest BCUT2D eigenvalue weighted by Crippen LogP contribution is 2.29. The summed E-state index contributed by atoms with van der Waals surface area (Å²) in [5.41, 5.74) is 1.61. The van der Waals surface area contributed by atoms with E-state index < -0.39 is 6.04 Å². The van der Waals surface area contributed by atoms with Crippen LogP contribution in [0.4, 0.5) is 4.39 Å². The minimum Gasteiger partial charge on any atom is -0.496 e. The number of rotatable bonds is 5. The molecule has 1 atom stereocenters. The summed E-state index contributed by atoms with van der Waals surface area (Å²) >= 11 is 0. The topological polar surface area (TPSA) is 71.9 Å². The standard InChI is InChI=1S/C21H19FN4O2/c1-26-11-10-23-20(26)19(13-6-3-4-9-18(13)28-2)25-21(27)17-12-14-15(22)7-5-8-16(14)24-17/h3-12,19,24H,1-2H3,(H,25,27). The second-order valence-electron chi connectivity index (χ2n) is 6.43. The van der Waals surface area contributed by atoms with Crippen LogP contribution >= 0.6 is 0 Å². The highest BCUT2D eigenvalue weighted by atomic mass is 19.1.